The average molecular weight is 247 g/mol. The van der Waals surface area contributed by atoms with E-state index in [-0.39, 0.29) is 12.5 Å². The molecule has 0 aliphatic rings. The second kappa shape index (κ2) is 8.81. The number of hydrogen-bond acceptors (Lipinski definition) is 6. The molecule has 100 valence electrons. The van der Waals surface area contributed by atoms with Gasteiger partial charge in [0.25, 0.3) is 0 Å². The van der Waals surface area contributed by atoms with E-state index in [2.05, 4.69) is 0 Å². The molecule has 0 aromatic heterocycles. The second-order valence-corrected chi connectivity index (χ2v) is 3.84. The third-order valence-electron chi connectivity index (χ3n) is 1.73. The standard InChI is InChI=1S/C11H21NO5/c1-8(2)15-11(14)17-9(3)16-10(13)6-4-5-7-12/h8-9H,4-7,12H2,1-3H3. The van der Waals surface area contributed by atoms with E-state index in [1.165, 1.54) is 6.92 Å². The molecule has 0 bridgehead atoms. The third kappa shape index (κ3) is 9.62. The molecule has 0 aliphatic heterocycles. The molecule has 0 spiro atoms. The predicted octanol–water partition coefficient (Wildman–Crippen LogP) is 1.57. The first kappa shape index (κ1) is 15.7. The zero-order valence-electron chi connectivity index (χ0n) is 10.6. The number of esters is 1. The number of hydrogen-bond donors (Lipinski definition) is 1. The Morgan fingerprint density at radius 1 is 1.06 bits per heavy atom. The van der Waals surface area contributed by atoms with Crippen LogP contribution in [-0.4, -0.2) is 31.1 Å². The van der Waals surface area contributed by atoms with Crippen LogP contribution in [0.25, 0.3) is 0 Å². The molecule has 0 heterocycles. The molecular weight excluding hydrogens is 226 g/mol. The number of carbonyl (C=O) groups is 2. The summed E-state index contributed by atoms with van der Waals surface area (Å²) < 4.78 is 14.3. The van der Waals surface area contributed by atoms with Crippen molar-refractivity contribution in [3.8, 4) is 0 Å². The summed E-state index contributed by atoms with van der Waals surface area (Å²) in [5, 5.41) is 0. The molecule has 17 heavy (non-hydrogen) atoms. The summed E-state index contributed by atoms with van der Waals surface area (Å²) in [4.78, 5) is 22.3. The van der Waals surface area contributed by atoms with E-state index in [4.69, 9.17) is 19.9 Å². The minimum Gasteiger partial charge on any atom is -0.431 e. The van der Waals surface area contributed by atoms with E-state index in [0.717, 1.165) is 6.42 Å². The van der Waals surface area contributed by atoms with Gasteiger partial charge in [0.2, 0.25) is 6.29 Å². The van der Waals surface area contributed by atoms with Gasteiger partial charge < -0.3 is 19.9 Å². The Hall–Kier alpha value is -1.30. The van der Waals surface area contributed by atoms with Crippen molar-refractivity contribution in [2.75, 3.05) is 6.54 Å². The van der Waals surface area contributed by atoms with Crippen molar-refractivity contribution in [1.29, 1.82) is 0 Å². The highest BCUT2D eigenvalue weighted by Gasteiger charge is 2.15. The van der Waals surface area contributed by atoms with Crippen molar-refractivity contribution < 1.29 is 23.8 Å². The minimum absolute atomic E-state index is 0.268. The van der Waals surface area contributed by atoms with Crippen LogP contribution in [-0.2, 0) is 19.0 Å². The molecule has 0 aromatic carbocycles. The van der Waals surface area contributed by atoms with E-state index in [0.29, 0.717) is 13.0 Å². The first-order valence-electron chi connectivity index (χ1n) is 5.72. The average Bonchev–Trinajstić information content (AvgIpc) is 2.15. The fourth-order valence-electron chi connectivity index (χ4n) is 1.04. The van der Waals surface area contributed by atoms with Crippen LogP contribution in [0.3, 0.4) is 0 Å². The number of unbranched alkanes of at least 4 members (excludes halogenated alkanes) is 1. The fourth-order valence-corrected chi connectivity index (χ4v) is 1.04. The van der Waals surface area contributed by atoms with Crippen LogP contribution in [0.1, 0.15) is 40.0 Å². The fraction of sp³-hybridized carbons (Fsp3) is 0.818. The number of carbonyl (C=O) groups excluding carboxylic acids is 2. The van der Waals surface area contributed by atoms with Crippen molar-refractivity contribution in [2.24, 2.45) is 5.73 Å². The molecule has 0 rings (SSSR count). The third-order valence-corrected chi connectivity index (χ3v) is 1.73. The van der Waals surface area contributed by atoms with Crippen molar-refractivity contribution in [2.45, 2.75) is 52.4 Å². The summed E-state index contributed by atoms with van der Waals surface area (Å²) in [7, 11) is 0. The SMILES string of the molecule is CC(C)OC(=O)OC(C)OC(=O)CCCCN. The summed E-state index contributed by atoms with van der Waals surface area (Å²) in [5.74, 6) is -0.414. The Morgan fingerprint density at radius 3 is 2.24 bits per heavy atom. The first-order valence-corrected chi connectivity index (χ1v) is 5.72. The zero-order valence-corrected chi connectivity index (χ0v) is 10.6. The highest BCUT2D eigenvalue weighted by molar-refractivity contribution is 5.69. The lowest BCUT2D eigenvalue weighted by Gasteiger charge is -2.15. The Bertz CT molecular complexity index is 242. The minimum atomic E-state index is -0.938. The van der Waals surface area contributed by atoms with Crippen molar-refractivity contribution in [1.82, 2.24) is 0 Å². The van der Waals surface area contributed by atoms with E-state index in [1.54, 1.807) is 13.8 Å². The summed E-state index contributed by atoms with van der Waals surface area (Å²) in [5.41, 5.74) is 5.29. The highest BCUT2D eigenvalue weighted by atomic mass is 16.8. The lowest BCUT2D eigenvalue weighted by molar-refractivity contribution is -0.168. The maximum atomic E-state index is 11.2. The molecule has 0 fully saturated rings. The number of nitrogens with two attached hydrogens (primary N) is 1. The van der Waals surface area contributed by atoms with Gasteiger partial charge in [-0.3, -0.25) is 4.79 Å². The maximum Gasteiger partial charge on any atom is 0.511 e. The van der Waals surface area contributed by atoms with E-state index in [1.807, 2.05) is 0 Å². The van der Waals surface area contributed by atoms with Gasteiger partial charge in [0.05, 0.1) is 6.10 Å². The van der Waals surface area contributed by atoms with Gasteiger partial charge in [0, 0.05) is 13.3 Å². The van der Waals surface area contributed by atoms with E-state index in [9.17, 15) is 9.59 Å². The Kier molecular flexibility index (Phi) is 8.13. The molecule has 0 aliphatic carbocycles. The largest absolute Gasteiger partial charge is 0.511 e. The van der Waals surface area contributed by atoms with Crippen LogP contribution in [0.5, 0.6) is 0 Å². The molecule has 1 atom stereocenters. The first-order chi connectivity index (χ1) is 7.95. The van der Waals surface area contributed by atoms with Crippen LogP contribution in [0.15, 0.2) is 0 Å². The predicted molar refractivity (Wildman–Crippen MR) is 61.2 cm³/mol. The molecule has 6 nitrogen and oxygen atoms in total. The molecule has 0 radical (unpaired) electrons. The van der Waals surface area contributed by atoms with Gasteiger partial charge in [-0.1, -0.05) is 0 Å². The van der Waals surface area contributed by atoms with Gasteiger partial charge in [-0.05, 0) is 33.2 Å². The molecule has 6 heteroatoms. The quantitative estimate of drug-likeness (QED) is 0.417. The molecule has 2 N–H and O–H groups in total. The molecule has 1 unspecified atom stereocenters. The van der Waals surface area contributed by atoms with Crippen LogP contribution in [0.4, 0.5) is 4.79 Å². The van der Waals surface area contributed by atoms with Crippen LogP contribution >= 0.6 is 0 Å². The maximum absolute atomic E-state index is 11.2. The Morgan fingerprint density at radius 2 is 1.71 bits per heavy atom. The van der Waals surface area contributed by atoms with Crippen LogP contribution < -0.4 is 5.73 Å². The smallest absolute Gasteiger partial charge is 0.431 e. The van der Waals surface area contributed by atoms with Crippen molar-refractivity contribution in [3.05, 3.63) is 0 Å². The number of ether oxygens (including phenoxy) is 3. The summed E-state index contributed by atoms with van der Waals surface area (Å²) in [6.45, 7) is 5.40. The molecule has 0 amide bonds. The van der Waals surface area contributed by atoms with Crippen LogP contribution in [0.2, 0.25) is 0 Å². The van der Waals surface area contributed by atoms with Crippen molar-refractivity contribution in [3.63, 3.8) is 0 Å². The lowest BCUT2D eigenvalue weighted by atomic mass is 10.2. The van der Waals surface area contributed by atoms with Gasteiger partial charge in [-0.2, -0.15) is 0 Å². The second-order valence-electron chi connectivity index (χ2n) is 3.84. The molecule has 0 saturated heterocycles. The van der Waals surface area contributed by atoms with Gasteiger partial charge in [0.1, 0.15) is 0 Å². The Labute approximate surface area is 101 Å². The van der Waals surface area contributed by atoms with E-state index < -0.39 is 18.4 Å². The monoisotopic (exact) mass is 247 g/mol. The topological polar surface area (TPSA) is 87.9 Å². The highest BCUT2D eigenvalue weighted by Crippen LogP contribution is 2.03. The zero-order chi connectivity index (χ0) is 13.3. The van der Waals surface area contributed by atoms with Gasteiger partial charge in [-0.15, -0.1) is 0 Å². The van der Waals surface area contributed by atoms with Gasteiger partial charge in [0.15, 0.2) is 0 Å². The van der Waals surface area contributed by atoms with Gasteiger partial charge >= 0.3 is 12.1 Å². The molecule has 0 saturated carbocycles. The summed E-state index contributed by atoms with van der Waals surface area (Å²) in [6, 6.07) is 0. The van der Waals surface area contributed by atoms with Crippen LogP contribution in [0, 0.1) is 0 Å². The molecule has 0 aromatic rings. The Balaban J connectivity index is 3.73. The van der Waals surface area contributed by atoms with Gasteiger partial charge in [-0.25, -0.2) is 4.79 Å². The van der Waals surface area contributed by atoms with E-state index >= 15 is 0 Å². The normalized spacial score (nSPS) is 12.1. The summed E-state index contributed by atoms with van der Waals surface area (Å²) >= 11 is 0. The lowest BCUT2D eigenvalue weighted by Crippen LogP contribution is -2.23. The summed E-state index contributed by atoms with van der Waals surface area (Å²) in [6.07, 6.45) is -0.355. The molecular formula is C11H21NO5. The number of rotatable bonds is 7. The van der Waals surface area contributed by atoms with Crippen molar-refractivity contribution >= 4 is 12.1 Å².